The molecular formula is C20H25NOS. The Kier molecular flexibility index (Phi) is 5.16. The van der Waals surface area contributed by atoms with Crippen LogP contribution in [0.3, 0.4) is 0 Å². The van der Waals surface area contributed by atoms with Crippen molar-refractivity contribution >= 4 is 17.2 Å². The van der Waals surface area contributed by atoms with E-state index in [1.54, 1.807) is 11.3 Å². The van der Waals surface area contributed by atoms with Gasteiger partial charge < -0.3 is 5.32 Å². The van der Waals surface area contributed by atoms with Crippen molar-refractivity contribution in [2.24, 2.45) is 5.92 Å². The SMILES string of the molecule is CC[C@H](Cc1ccccc1)NC(=O)c1csc2c1CC[C@H](C)C2. The second kappa shape index (κ2) is 7.31. The first kappa shape index (κ1) is 16.3. The van der Waals surface area contributed by atoms with Crippen LogP contribution in [0.4, 0.5) is 0 Å². The Morgan fingerprint density at radius 3 is 2.87 bits per heavy atom. The molecule has 1 N–H and O–H groups in total. The van der Waals surface area contributed by atoms with Crippen LogP contribution in [0, 0.1) is 5.92 Å². The van der Waals surface area contributed by atoms with E-state index in [-0.39, 0.29) is 11.9 Å². The Morgan fingerprint density at radius 1 is 1.35 bits per heavy atom. The van der Waals surface area contributed by atoms with E-state index in [1.165, 1.54) is 22.4 Å². The van der Waals surface area contributed by atoms with Crippen LogP contribution >= 0.6 is 11.3 Å². The van der Waals surface area contributed by atoms with Crippen LogP contribution in [-0.2, 0) is 19.3 Å². The van der Waals surface area contributed by atoms with Crippen molar-refractivity contribution in [3.63, 3.8) is 0 Å². The Hall–Kier alpha value is -1.61. The summed E-state index contributed by atoms with van der Waals surface area (Å²) in [6.45, 7) is 4.44. The second-order valence-corrected chi connectivity index (χ2v) is 7.63. The number of rotatable bonds is 5. The molecule has 1 aromatic heterocycles. The Bertz CT molecular complexity index is 662. The van der Waals surface area contributed by atoms with Gasteiger partial charge in [0.15, 0.2) is 0 Å². The van der Waals surface area contributed by atoms with Crippen molar-refractivity contribution in [3.05, 3.63) is 57.3 Å². The fraction of sp³-hybridized carbons (Fsp3) is 0.450. The largest absolute Gasteiger partial charge is 0.349 e. The van der Waals surface area contributed by atoms with E-state index in [2.05, 4.69) is 48.8 Å². The van der Waals surface area contributed by atoms with Gasteiger partial charge in [0.05, 0.1) is 5.56 Å². The molecule has 0 saturated carbocycles. The van der Waals surface area contributed by atoms with Gasteiger partial charge in [-0.05, 0) is 49.1 Å². The molecule has 0 aliphatic heterocycles. The summed E-state index contributed by atoms with van der Waals surface area (Å²) in [5, 5.41) is 5.31. The lowest BCUT2D eigenvalue weighted by Crippen LogP contribution is -2.36. The molecule has 1 amide bonds. The van der Waals surface area contributed by atoms with E-state index in [4.69, 9.17) is 0 Å². The minimum absolute atomic E-state index is 0.111. The minimum atomic E-state index is 0.111. The molecule has 0 fully saturated rings. The highest BCUT2D eigenvalue weighted by Gasteiger charge is 2.24. The van der Waals surface area contributed by atoms with Gasteiger partial charge >= 0.3 is 0 Å². The van der Waals surface area contributed by atoms with Crippen LogP contribution in [0.2, 0.25) is 0 Å². The molecule has 0 radical (unpaired) electrons. The monoisotopic (exact) mass is 327 g/mol. The quantitative estimate of drug-likeness (QED) is 0.853. The highest BCUT2D eigenvalue weighted by molar-refractivity contribution is 7.10. The molecule has 3 heteroatoms. The maximum Gasteiger partial charge on any atom is 0.252 e. The van der Waals surface area contributed by atoms with Crippen LogP contribution < -0.4 is 5.32 Å². The summed E-state index contributed by atoms with van der Waals surface area (Å²) in [5.41, 5.74) is 3.50. The average molecular weight is 327 g/mol. The zero-order chi connectivity index (χ0) is 16.2. The average Bonchev–Trinajstić information content (AvgIpc) is 2.98. The number of thiophene rings is 1. The standard InChI is InChI=1S/C20H25NOS/c1-3-16(12-15-7-5-4-6-8-15)21-20(22)18-13-23-19-11-14(2)9-10-17(18)19/h4-8,13-14,16H,3,9-12H2,1-2H3,(H,21,22)/t14-,16+/m0/s1. The number of nitrogens with one attached hydrogen (secondary N) is 1. The van der Waals surface area contributed by atoms with Gasteiger partial charge in [-0.3, -0.25) is 4.79 Å². The smallest absolute Gasteiger partial charge is 0.252 e. The summed E-state index contributed by atoms with van der Waals surface area (Å²) in [6, 6.07) is 10.6. The molecule has 2 nitrogen and oxygen atoms in total. The first-order valence-corrected chi connectivity index (χ1v) is 9.49. The molecule has 2 atom stereocenters. The third-order valence-corrected chi connectivity index (χ3v) is 5.85. The topological polar surface area (TPSA) is 29.1 Å². The van der Waals surface area contributed by atoms with E-state index in [9.17, 15) is 4.79 Å². The highest BCUT2D eigenvalue weighted by Crippen LogP contribution is 2.32. The Morgan fingerprint density at radius 2 is 2.13 bits per heavy atom. The van der Waals surface area contributed by atoms with Gasteiger partial charge in [0.2, 0.25) is 0 Å². The van der Waals surface area contributed by atoms with Crippen molar-refractivity contribution in [1.29, 1.82) is 0 Å². The fourth-order valence-electron chi connectivity index (χ4n) is 3.33. The number of carbonyl (C=O) groups is 1. The molecule has 3 rings (SSSR count). The molecule has 1 aliphatic carbocycles. The minimum Gasteiger partial charge on any atom is -0.349 e. The van der Waals surface area contributed by atoms with E-state index < -0.39 is 0 Å². The van der Waals surface area contributed by atoms with Crippen LogP contribution in [0.5, 0.6) is 0 Å². The maximum absolute atomic E-state index is 12.7. The summed E-state index contributed by atoms with van der Waals surface area (Å²) in [7, 11) is 0. The van der Waals surface area contributed by atoms with E-state index in [0.29, 0.717) is 0 Å². The van der Waals surface area contributed by atoms with E-state index in [0.717, 1.165) is 37.2 Å². The summed E-state index contributed by atoms with van der Waals surface area (Å²) in [6.07, 6.45) is 5.23. The molecular weight excluding hydrogens is 302 g/mol. The van der Waals surface area contributed by atoms with E-state index in [1.807, 2.05) is 6.07 Å². The van der Waals surface area contributed by atoms with E-state index >= 15 is 0 Å². The molecule has 23 heavy (non-hydrogen) atoms. The lowest BCUT2D eigenvalue weighted by atomic mass is 9.88. The van der Waals surface area contributed by atoms with Crippen LogP contribution in [0.25, 0.3) is 0 Å². The van der Waals surface area contributed by atoms with Crippen LogP contribution in [0.1, 0.15) is 53.1 Å². The number of hydrogen-bond acceptors (Lipinski definition) is 2. The summed E-state index contributed by atoms with van der Waals surface area (Å²) < 4.78 is 0. The van der Waals surface area contributed by atoms with Gasteiger partial charge in [0, 0.05) is 16.3 Å². The first-order chi connectivity index (χ1) is 11.2. The molecule has 0 saturated heterocycles. The third-order valence-electron chi connectivity index (χ3n) is 4.80. The molecule has 0 bridgehead atoms. The first-order valence-electron chi connectivity index (χ1n) is 8.61. The van der Waals surface area contributed by atoms with Gasteiger partial charge in [-0.25, -0.2) is 0 Å². The number of benzene rings is 1. The normalized spacial score (nSPS) is 18.3. The molecule has 1 aliphatic rings. The van der Waals surface area contributed by atoms with Gasteiger partial charge in [-0.2, -0.15) is 0 Å². The second-order valence-electron chi connectivity index (χ2n) is 6.67. The van der Waals surface area contributed by atoms with Crippen molar-refractivity contribution in [3.8, 4) is 0 Å². The number of fused-ring (bicyclic) bond motifs is 1. The van der Waals surface area contributed by atoms with Gasteiger partial charge in [-0.1, -0.05) is 44.2 Å². The maximum atomic E-state index is 12.7. The molecule has 0 spiro atoms. The van der Waals surface area contributed by atoms with Crippen LogP contribution in [-0.4, -0.2) is 11.9 Å². The number of amides is 1. The molecule has 122 valence electrons. The summed E-state index contributed by atoms with van der Waals surface area (Å²) >= 11 is 1.76. The van der Waals surface area contributed by atoms with Gasteiger partial charge in [-0.15, -0.1) is 11.3 Å². The molecule has 1 aromatic carbocycles. The molecule has 1 heterocycles. The fourth-order valence-corrected chi connectivity index (χ4v) is 4.57. The van der Waals surface area contributed by atoms with Crippen molar-refractivity contribution < 1.29 is 4.79 Å². The highest BCUT2D eigenvalue weighted by atomic mass is 32.1. The summed E-state index contributed by atoms with van der Waals surface area (Å²) in [4.78, 5) is 14.1. The van der Waals surface area contributed by atoms with Crippen molar-refractivity contribution in [2.75, 3.05) is 0 Å². The number of hydrogen-bond donors (Lipinski definition) is 1. The Labute approximate surface area is 142 Å². The van der Waals surface area contributed by atoms with Gasteiger partial charge in [0.25, 0.3) is 5.91 Å². The lowest BCUT2D eigenvalue weighted by molar-refractivity contribution is 0.0935. The van der Waals surface area contributed by atoms with Gasteiger partial charge in [0.1, 0.15) is 0 Å². The predicted octanol–water partition coefficient (Wildman–Crippen LogP) is 4.62. The Balaban J connectivity index is 1.68. The zero-order valence-corrected chi connectivity index (χ0v) is 14.8. The number of carbonyl (C=O) groups excluding carboxylic acids is 1. The zero-order valence-electron chi connectivity index (χ0n) is 14.0. The third kappa shape index (κ3) is 3.84. The summed E-state index contributed by atoms with van der Waals surface area (Å²) in [5.74, 6) is 0.860. The van der Waals surface area contributed by atoms with Crippen LogP contribution in [0.15, 0.2) is 35.7 Å². The lowest BCUT2D eigenvalue weighted by Gasteiger charge is -2.20. The van der Waals surface area contributed by atoms with Crippen molar-refractivity contribution in [1.82, 2.24) is 5.32 Å². The molecule has 2 aromatic rings. The molecule has 0 unspecified atom stereocenters. The predicted molar refractivity (Wildman–Crippen MR) is 97.2 cm³/mol. The van der Waals surface area contributed by atoms with Crippen molar-refractivity contribution in [2.45, 2.75) is 52.0 Å².